The predicted octanol–water partition coefficient (Wildman–Crippen LogP) is 2.43. The first-order chi connectivity index (χ1) is 8.13. The van der Waals surface area contributed by atoms with Gasteiger partial charge in [0.25, 0.3) is 0 Å². The van der Waals surface area contributed by atoms with Gasteiger partial charge in [-0.2, -0.15) is 0 Å². The maximum absolute atomic E-state index is 10.4. The molecular weight excluding hydrogens is 214 g/mol. The Hall–Kier alpha value is -1.06. The maximum atomic E-state index is 10.4. The van der Waals surface area contributed by atoms with Crippen LogP contribution in [0.15, 0.2) is 18.2 Å². The first kappa shape index (κ1) is 14.0. The fourth-order valence-electron chi connectivity index (χ4n) is 1.99. The molecule has 0 fully saturated rings. The number of aryl methyl sites for hydroxylation is 1. The second-order valence-electron chi connectivity index (χ2n) is 4.22. The summed E-state index contributed by atoms with van der Waals surface area (Å²) in [5, 5.41) is 13.5. The van der Waals surface area contributed by atoms with Gasteiger partial charge in [0.2, 0.25) is 0 Å². The number of hydrogen-bond acceptors (Lipinski definition) is 3. The minimum absolute atomic E-state index is 0.0519. The van der Waals surface area contributed by atoms with Gasteiger partial charge in [0.05, 0.1) is 12.7 Å². The number of aliphatic hydroxyl groups is 1. The number of ether oxygens (including phenoxy) is 1. The molecule has 2 unspecified atom stereocenters. The normalized spacial score (nSPS) is 14.4. The zero-order valence-electron chi connectivity index (χ0n) is 11.2. The van der Waals surface area contributed by atoms with Crippen molar-refractivity contribution in [2.75, 3.05) is 13.7 Å². The monoisotopic (exact) mass is 237 g/mol. The predicted molar refractivity (Wildman–Crippen MR) is 70.4 cm³/mol. The van der Waals surface area contributed by atoms with Crippen molar-refractivity contribution in [1.82, 2.24) is 5.32 Å². The zero-order valence-corrected chi connectivity index (χ0v) is 11.2. The molecule has 3 heteroatoms. The summed E-state index contributed by atoms with van der Waals surface area (Å²) in [6.07, 6.45) is 0.337. The Morgan fingerprint density at radius 3 is 2.59 bits per heavy atom. The zero-order chi connectivity index (χ0) is 12.8. The van der Waals surface area contributed by atoms with Crippen LogP contribution in [0.5, 0.6) is 5.75 Å². The van der Waals surface area contributed by atoms with Crippen LogP contribution in [0.2, 0.25) is 0 Å². The van der Waals surface area contributed by atoms with Crippen molar-refractivity contribution in [3.63, 3.8) is 0 Å². The smallest absolute Gasteiger partial charge is 0.125 e. The fraction of sp³-hybridized carbons (Fsp3) is 0.571. The SMILES string of the molecule is CCOc1ccc(C)cc1C(O)C(CC)NC. The quantitative estimate of drug-likeness (QED) is 0.798. The minimum atomic E-state index is -0.536. The van der Waals surface area contributed by atoms with E-state index in [9.17, 15) is 5.11 Å². The summed E-state index contributed by atoms with van der Waals surface area (Å²) in [7, 11) is 1.87. The summed E-state index contributed by atoms with van der Waals surface area (Å²) in [5.41, 5.74) is 2.00. The van der Waals surface area contributed by atoms with Gasteiger partial charge in [0, 0.05) is 11.6 Å². The van der Waals surface area contributed by atoms with Gasteiger partial charge in [0.1, 0.15) is 5.75 Å². The molecule has 0 radical (unpaired) electrons. The highest BCUT2D eigenvalue weighted by atomic mass is 16.5. The van der Waals surface area contributed by atoms with Crippen LogP contribution in [-0.4, -0.2) is 24.8 Å². The Bertz CT molecular complexity index is 348. The van der Waals surface area contributed by atoms with E-state index in [-0.39, 0.29) is 6.04 Å². The third-order valence-electron chi connectivity index (χ3n) is 2.98. The van der Waals surface area contributed by atoms with Gasteiger partial charge >= 0.3 is 0 Å². The highest BCUT2D eigenvalue weighted by Crippen LogP contribution is 2.29. The van der Waals surface area contributed by atoms with Crippen molar-refractivity contribution in [2.24, 2.45) is 0 Å². The second-order valence-corrected chi connectivity index (χ2v) is 4.22. The maximum Gasteiger partial charge on any atom is 0.125 e. The average Bonchev–Trinajstić information content (AvgIpc) is 2.33. The highest BCUT2D eigenvalue weighted by molar-refractivity contribution is 5.39. The lowest BCUT2D eigenvalue weighted by Crippen LogP contribution is -2.31. The van der Waals surface area contributed by atoms with E-state index in [0.29, 0.717) is 6.61 Å². The summed E-state index contributed by atoms with van der Waals surface area (Å²) in [6.45, 7) is 6.64. The molecule has 17 heavy (non-hydrogen) atoms. The lowest BCUT2D eigenvalue weighted by Gasteiger charge is -2.23. The van der Waals surface area contributed by atoms with Crippen molar-refractivity contribution in [3.05, 3.63) is 29.3 Å². The second kappa shape index (κ2) is 6.62. The molecule has 0 aliphatic rings. The molecule has 1 rings (SSSR count). The van der Waals surface area contributed by atoms with Crippen molar-refractivity contribution >= 4 is 0 Å². The van der Waals surface area contributed by atoms with Crippen molar-refractivity contribution in [2.45, 2.75) is 39.3 Å². The highest BCUT2D eigenvalue weighted by Gasteiger charge is 2.21. The van der Waals surface area contributed by atoms with Crippen LogP contribution in [0.3, 0.4) is 0 Å². The molecule has 0 saturated heterocycles. The molecule has 2 atom stereocenters. The Morgan fingerprint density at radius 1 is 1.35 bits per heavy atom. The topological polar surface area (TPSA) is 41.5 Å². The van der Waals surface area contributed by atoms with Gasteiger partial charge in [-0.05, 0) is 39.4 Å². The third kappa shape index (κ3) is 3.45. The standard InChI is InChI=1S/C14H23NO2/c1-5-12(15-4)14(16)11-9-10(3)7-8-13(11)17-6-2/h7-9,12,14-16H,5-6H2,1-4H3. The van der Waals surface area contributed by atoms with Gasteiger partial charge in [0.15, 0.2) is 0 Å². The van der Waals surface area contributed by atoms with Crippen LogP contribution < -0.4 is 10.1 Å². The molecule has 0 heterocycles. The molecule has 96 valence electrons. The minimum Gasteiger partial charge on any atom is -0.493 e. The number of hydrogen-bond donors (Lipinski definition) is 2. The van der Waals surface area contributed by atoms with Gasteiger partial charge < -0.3 is 15.2 Å². The van der Waals surface area contributed by atoms with Crippen LogP contribution in [0.1, 0.15) is 37.5 Å². The van der Waals surface area contributed by atoms with E-state index in [1.165, 1.54) is 0 Å². The molecule has 0 aromatic heterocycles. The average molecular weight is 237 g/mol. The van der Waals surface area contributed by atoms with E-state index in [1.807, 2.05) is 39.1 Å². The first-order valence-electron chi connectivity index (χ1n) is 6.22. The van der Waals surface area contributed by atoms with Crippen LogP contribution >= 0.6 is 0 Å². The van der Waals surface area contributed by atoms with Crippen LogP contribution in [0, 0.1) is 6.92 Å². The molecule has 1 aromatic carbocycles. The van der Waals surface area contributed by atoms with Crippen LogP contribution in [0.4, 0.5) is 0 Å². The largest absolute Gasteiger partial charge is 0.493 e. The number of likely N-dealkylation sites (N-methyl/N-ethyl adjacent to an activating group) is 1. The summed E-state index contributed by atoms with van der Waals surface area (Å²) < 4.78 is 5.56. The molecule has 1 aromatic rings. The molecule has 3 nitrogen and oxygen atoms in total. The Kier molecular flexibility index (Phi) is 5.45. The van der Waals surface area contributed by atoms with E-state index >= 15 is 0 Å². The van der Waals surface area contributed by atoms with Crippen molar-refractivity contribution in [1.29, 1.82) is 0 Å². The molecule has 0 aliphatic carbocycles. The number of rotatable bonds is 6. The molecule has 0 aliphatic heterocycles. The Balaban J connectivity index is 3.04. The van der Waals surface area contributed by atoms with Crippen LogP contribution in [0.25, 0.3) is 0 Å². The fourth-order valence-corrected chi connectivity index (χ4v) is 1.99. The van der Waals surface area contributed by atoms with Crippen molar-refractivity contribution in [3.8, 4) is 5.75 Å². The van der Waals surface area contributed by atoms with E-state index in [1.54, 1.807) is 0 Å². The summed E-state index contributed by atoms with van der Waals surface area (Å²) in [6, 6.07) is 5.98. The van der Waals surface area contributed by atoms with Gasteiger partial charge in [-0.25, -0.2) is 0 Å². The van der Waals surface area contributed by atoms with E-state index in [4.69, 9.17) is 4.74 Å². The number of nitrogens with one attached hydrogen (secondary N) is 1. The summed E-state index contributed by atoms with van der Waals surface area (Å²) in [4.78, 5) is 0. The van der Waals surface area contributed by atoms with Gasteiger partial charge in [-0.15, -0.1) is 0 Å². The number of aliphatic hydroxyl groups excluding tert-OH is 1. The molecule has 0 amide bonds. The first-order valence-corrected chi connectivity index (χ1v) is 6.22. The lowest BCUT2D eigenvalue weighted by atomic mass is 9.98. The van der Waals surface area contributed by atoms with E-state index in [0.717, 1.165) is 23.3 Å². The molecule has 2 N–H and O–H groups in total. The molecule has 0 spiro atoms. The van der Waals surface area contributed by atoms with E-state index in [2.05, 4.69) is 12.2 Å². The number of benzene rings is 1. The van der Waals surface area contributed by atoms with Crippen LogP contribution in [-0.2, 0) is 0 Å². The molecule has 0 bridgehead atoms. The summed E-state index contributed by atoms with van der Waals surface area (Å²) in [5.74, 6) is 0.777. The van der Waals surface area contributed by atoms with Crippen molar-refractivity contribution < 1.29 is 9.84 Å². The Morgan fingerprint density at radius 2 is 2.06 bits per heavy atom. The Labute approximate surface area is 104 Å². The van der Waals surface area contributed by atoms with E-state index < -0.39 is 6.10 Å². The molecular formula is C14H23NO2. The van der Waals surface area contributed by atoms with Gasteiger partial charge in [-0.3, -0.25) is 0 Å². The summed E-state index contributed by atoms with van der Waals surface area (Å²) >= 11 is 0. The third-order valence-corrected chi connectivity index (χ3v) is 2.98. The lowest BCUT2D eigenvalue weighted by molar-refractivity contribution is 0.126. The molecule has 0 saturated carbocycles. The van der Waals surface area contributed by atoms with Gasteiger partial charge in [-0.1, -0.05) is 18.6 Å².